The van der Waals surface area contributed by atoms with Gasteiger partial charge in [-0.1, -0.05) is 18.6 Å². The van der Waals surface area contributed by atoms with Gasteiger partial charge in [0.2, 0.25) is 5.91 Å². The van der Waals surface area contributed by atoms with Gasteiger partial charge >= 0.3 is 0 Å². The zero-order valence-corrected chi connectivity index (χ0v) is 15.0. The SMILES string of the molecule is Cl.Cl.Nc1ccc(CC(=O)NCc2nnc3n2CCCCC3)cc1. The quantitative estimate of drug-likeness (QED) is 0.807. The van der Waals surface area contributed by atoms with E-state index in [1.165, 1.54) is 12.8 Å². The molecule has 24 heavy (non-hydrogen) atoms. The zero-order valence-electron chi connectivity index (χ0n) is 13.4. The Morgan fingerprint density at radius 1 is 1.12 bits per heavy atom. The molecule has 1 aromatic heterocycles. The van der Waals surface area contributed by atoms with E-state index in [1.54, 1.807) is 12.1 Å². The summed E-state index contributed by atoms with van der Waals surface area (Å²) in [4.78, 5) is 12.0. The van der Waals surface area contributed by atoms with E-state index in [-0.39, 0.29) is 30.7 Å². The molecule has 3 rings (SSSR count). The highest BCUT2D eigenvalue weighted by molar-refractivity contribution is 5.85. The molecule has 0 fully saturated rings. The minimum Gasteiger partial charge on any atom is -0.399 e. The maximum absolute atomic E-state index is 12.0. The molecule has 0 bridgehead atoms. The largest absolute Gasteiger partial charge is 0.399 e. The highest BCUT2D eigenvalue weighted by Gasteiger charge is 2.15. The molecule has 0 aliphatic carbocycles. The number of aromatic nitrogens is 3. The van der Waals surface area contributed by atoms with Crippen molar-refractivity contribution in [2.24, 2.45) is 0 Å². The Morgan fingerprint density at radius 3 is 2.62 bits per heavy atom. The number of fused-ring (bicyclic) bond motifs is 1. The van der Waals surface area contributed by atoms with Crippen molar-refractivity contribution in [3.63, 3.8) is 0 Å². The number of carbonyl (C=O) groups excluding carboxylic acids is 1. The molecular weight excluding hydrogens is 349 g/mol. The van der Waals surface area contributed by atoms with Gasteiger partial charge in [-0.15, -0.1) is 35.0 Å². The Bertz CT molecular complexity index is 657. The molecule has 3 N–H and O–H groups in total. The van der Waals surface area contributed by atoms with E-state index >= 15 is 0 Å². The van der Waals surface area contributed by atoms with Gasteiger partial charge in [0, 0.05) is 18.7 Å². The molecule has 0 saturated carbocycles. The van der Waals surface area contributed by atoms with Crippen molar-refractivity contribution in [1.29, 1.82) is 0 Å². The number of nitrogens with one attached hydrogen (secondary N) is 1. The van der Waals surface area contributed by atoms with Crippen molar-refractivity contribution in [2.45, 2.75) is 45.2 Å². The second-order valence-corrected chi connectivity index (χ2v) is 5.69. The maximum Gasteiger partial charge on any atom is 0.224 e. The van der Waals surface area contributed by atoms with Crippen molar-refractivity contribution in [1.82, 2.24) is 20.1 Å². The Labute approximate surface area is 154 Å². The third kappa shape index (κ3) is 5.11. The molecule has 0 saturated heterocycles. The number of nitrogens with zero attached hydrogens (tertiary/aromatic N) is 3. The van der Waals surface area contributed by atoms with Gasteiger partial charge in [0.25, 0.3) is 0 Å². The normalized spacial score (nSPS) is 13.0. The van der Waals surface area contributed by atoms with E-state index in [0.29, 0.717) is 18.7 Å². The number of anilines is 1. The molecule has 1 amide bonds. The van der Waals surface area contributed by atoms with Crippen LogP contribution in [0.2, 0.25) is 0 Å². The lowest BCUT2D eigenvalue weighted by Crippen LogP contribution is -2.26. The fourth-order valence-corrected chi connectivity index (χ4v) is 2.74. The van der Waals surface area contributed by atoms with Gasteiger partial charge in [-0.05, 0) is 30.5 Å². The number of nitrogens with two attached hydrogens (primary N) is 1. The minimum absolute atomic E-state index is 0. The van der Waals surface area contributed by atoms with Crippen LogP contribution in [-0.2, 0) is 30.7 Å². The standard InChI is InChI=1S/C16H21N5O.2ClH/c17-13-7-5-12(6-8-13)10-16(22)18-11-15-20-19-14-4-2-1-3-9-21(14)15;;/h5-8H,1-4,9-11,17H2,(H,18,22);2*1H. The topological polar surface area (TPSA) is 85.8 Å². The molecule has 2 heterocycles. The Balaban J connectivity index is 0.00000144. The van der Waals surface area contributed by atoms with E-state index in [0.717, 1.165) is 36.6 Å². The summed E-state index contributed by atoms with van der Waals surface area (Å²) in [6.07, 6.45) is 4.87. The number of halogens is 2. The van der Waals surface area contributed by atoms with Gasteiger partial charge in [-0.25, -0.2) is 0 Å². The van der Waals surface area contributed by atoms with E-state index < -0.39 is 0 Å². The van der Waals surface area contributed by atoms with Crippen molar-refractivity contribution in [3.8, 4) is 0 Å². The number of rotatable bonds is 4. The first-order chi connectivity index (χ1) is 10.7. The first kappa shape index (κ1) is 20.3. The van der Waals surface area contributed by atoms with Crippen molar-refractivity contribution in [3.05, 3.63) is 41.5 Å². The summed E-state index contributed by atoms with van der Waals surface area (Å²) < 4.78 is 2.15. The Kier molecular flexibility index (Phi) is 8.01. The molecule has 0 radical (unpaired) electrons. The molecule has 132 valence electrons. The summed E-state index contributed by atoms with van der Waals surface area (Å²) in [5.74, 6) is 1.87. The molecule has 0 spiro atoms. The number of hydrogen-bond acceptors (Lipinski definition) is 4. The van der Waals surface area contributed by atoms with E-state index in [2.05, 4.69) is 20.1 Å². The van der Waals surface area contributed by atoms with Crippen LogP contribution in [0.15, 0.2) is 24.3 Å². The molecule has 1 aromatic carbocycles. The molecule has 0 unspecified atom stereocenters. The average Bonchev–Trinajstić information content (AvgIpc) is 2.75. The third-order valence-corrected chi connectivity index (χ3v) is 3.97. The second kappa shape index (κ2) is 9.49. The van der Waals surface area contributed by atoms with Crippen LogP contribution >= 0.6 is 24.8 Å². The Hall–Kier alpha value is -1.79. The van der Waals surface area contributed by atoms with E-state index in [1.807, 2.05) is 12.1 Å². The molecule has 6 nitrogen and oxygen atoms in total. The van der Waals surface area contributed by atoms with Crippen LogP contribution in [0.4, 0.5) is 5.69 Å². The number of aryl methyl sites for hydroxylation is 1. The summed E-state index contributed by atoms with van der Waals surface area (Å²) in [5, 5.41) is 11.4. The lowest BCUT2D eigenvalue weighted by Gasteiger charge is -2.08. The van der Waals surface area contributed by atoms with Crippen LogP contribution in [0.1, 0.15) is 36.5 Å². The number of benzene rings is 1. The van der Waals surface area contributed by atoms with Gasteiger partial charge in [-0.3, -0.25) is 4.79 Å². The van der Waals surface area contributed by atoms with Crippen molar-refractivity contribution < 1.29 is 4.79 Å². The summed E-state index contributed by atoms with van der Waals surface area (Å²) >= 11 is 0. The lowest BCUT2D eigenvalue weighted by atomic mass is 10.1. The number of hydrogen-bond donors (Lipinski definition) is 2. The van der Waals surface area contributed by atoms with Crippen LogP contribution in [0, 0.1) is 0 Å². The van der Waals surface area contributed by atoms with Gasteiger partial charge in [0.1, 0.15) is 5.82 Å². The minimum atomic E-state index is -0.0178. The zero-order chi connectivity index (χ0) is 15.4. The van der Waals surface area contributed by atoms with Gasteiger partial charge in [-0.2, -0.15) is 0 Å². The van der Waals surface area contributed by atoms with Crippen molar-refractivity contribution >= 4 is 36.4 Å². The van der Waals surface area contributed by atoms with Gasteiger partial charge < -0.3 is 15.6 Å². The van der Waals surface area contributed by atoms with Crippen LogP contribution in [0.3, 0.4) is 0 Å². The molecular formula is C16H23Cl2N5O. The molecule has 1 aliphatic heterocycles. The third-order valence-electron chi connectivity index (χ3n) is 3.97. The molecule has 0 atom stereocenters. The highest BCUT2D eigenvalue weighted by Crippen LogP contribution is 2.14. The highest BCUT2D eigenvalue weighted by atomic mass is 35.5. The predicted molar refractivity (Wildman–Crippen MR) is 98.5 cm³/mol. The van der Waals surface area contributed by atoms with Crippen molar-refractivity contribution in [2.75, 3.05) is 5.73 Å². The molecule has 2 aromatic rings. The molecule has 1 aliphatic rings. The van der Waals surface area contributed by atoms with E-state index in [4.69, 9.17) is 5.73 Å². The monoisotopic (exact) mass is 371 g/mol. The fraction of sp³-hybridized carbons (Fsp3) is 0.438. The summed E-state index contributed by atoms with van der Waals surface area (Å²) in [6.45, 7) is 1.38. The van der Waals surface area contributed by atoms with E-state index in [9.17, 15) is 4.79 Å². The summed E-state index contributed by atoms with van der Waals surface area (Å²) in [6, 6.07) is 7.36. The van der Waals surface area contributed by atoms with Crippen LogP contribution in [-0.4, -0.2) is 20.7 Å². The lowest BCUT2D eigenvalue weighted by molar-refractivity contribution is -0.120. The van der Waals surface area contributed by atoms with Crippen LogP contribution in [0.25, 0.3) is 0 Å². The van der Waals surface area contributed by atoms with Crippen LogP contribution < -0.4 is 11.1 Å². The number of carbonyl (C=O) groups is 1. The first-order valence-corrected chi connectivity index (χ1v) is 7.74. The summed E-state index contributed by atoms with van der Waals surface area (Å²) in [7, 11) is 0. The average molecular weight is 372 g/mol. The Morgan fingerprint density at radius 2 is 1.88 bits per heavy atom. The number of amides is 1. The van der Waals surface area contributed by atoms with Crippen LogP contribution in [0.5, 0.6) is 0 Å². The summed E-state index contributed by atoms with van der Waals surface area (Å²) in [5.41, 5.74) is 7.29. The maximum atomic E-state index is 12.0. The predicted octanol–water partition coefficient (Wildman–Crippen LogP) is 2.29. The number of nitrogen functional groups attached to an aromatic ring is 1. The smallest absolute Gasteiger partial charge is 0.224 e. The van der Waals surface area contributed by atoms with Gasteiger partial charge in [0.15, 0.2) is 5.82 Å². The first-order valence-electron chi connectivity index (χ1n) is 7.74. The van der Waals surface area contributed by atoms with Gasteiger partial charge in [0.05, 0.1) is 13.0 Å². The molecule has 8 heteroatoms. The fourth-order valence-electron chi connectivity index (χ4n) is 2.74. The second-order valence-electron chi connectivity index (χ2n) is 5.69.